The van der Waals surface area contributed by atoms with Crippen LogP contribution in [0.5, 0.6) is 0 Å². The van der Waals surface area contributed by atoms with Gasteiger partial charge in [0, 0.05) is 9.78 Å². The molecule has 0 radical (unpaired) electrons. The third kappa shape index (κ3) is 3.69. The Morgan fingerprint density at radius 3 is 2.72 bits per heavy atom. The van der Waals surface area contributed by atoms with Crippen LogP contribution in [0.3, 0.4) is 0 Å². The maximum atomic E-state index is 12.0. The van der Waals surface area contributed by atoms with Gasteiger partial charge in [-0.3, -0.25) is 0 Å². The Labute approximate surface area is 121 Å². The lowest BCUT2D eigenvalue weighted by Crippen LogP contribution is -2.25. The molecule has 2 N–H and O–H groups in total. The van der Waals surface area contributed by atoms with Crippen molar-refractivity contribution in [1.82, 2.24) is 5.32 Å². The van der Waals surface area contributed by atoms with Crippen LogP contribution in [0.2, 0.25) is 0 Å². The molecule has 1 rings (SSSR count). The first-order valence-corrected chi connectivity index (χ1v) is 6.85. The summed E-state index contributed by atoms with van der Waals surface area (Å²) in [5.41, 5.74) is 1.22. The zero-order valence-electron chi connectivity index (χ0n) is 10.7. The fraction of sp³-hybridized carbons (Fsp3) is 0.385. The molecule has 0 saturated carbocycles. The smallest absolute Gasteiger partial charge is 0.342 e. The molecule has 1 aliphatic rings. The second-order valence-corrected chi connectivity index (χ2v) is 5.33. The number of carbonyl (C=O) groups is 1. The number of ether oxygens (including phenoxy) is 1. The molecule has 0 saturated heterocycles. The third-order valence-electron chi connectivity index (χ3n) is 2.36. The van der Waals surface area contributed by atoms with E-state index in [4.69, 9.17) is 10.1 Å². The van der Waals surface area contributed by atoms with E-state index in [0.29, 0.717) is 17.9 Å². The molecule has 0 fully saturated rings. The van der Waals surface area contributed by atoms with Gasteiger partial charge in [0.2, 0.25) is 0 Å². The zero-order valence-corrected chi connectivity index (χ0v) is 12.9. The van der Waals surface area contributed by atoms with Crippen molar-refractivity contribution in [2.75, 3.05) is 6.61 Å². The molecule has 1 heterocycles. The number of allylic oxidation sites excluding steroid dienone is 3. The summed E-state index contributed by atoms with van der Waals surface area (Å²) in [5, 5.41) is 11.1. The van der Waals surface area contributed by atoms with Crippen LogP contribution in [0.4, 0.5) is 0 Å². The summed E-state index contributed by atoms with van der Waals surface area (Å²) in [6, 6.07) is 0. The molecule has 0 bridgehead atoms. The molecular formula is C13H17IN2O2. The summed E-state index contributed by atoms with van der Waals surface area (Å²) in [6.07, 6.45) is 5.49. The van der Waals surface area contributed by atoms with Crippen LogP contribution in [-0.4, -0.2) is 18.3 Å². The van der Waals surface area contributed by atoms with Gasteiger partial charge in [0.05, 0.1) is 18.0 Å². The second-order valence-electron chi connectivity index (χ2n) is 4.08. The number of hydrogen-bond donors (Lipinski definition) is 2. The van der Waals surface area contributed by atoms with E-state index in [1.807, 2.05) is 26.0 Å². The molecule has 4 nitrogen and oxygen atoms in total. The van der Waals surface area contributed by atoms with Crippen LogP contribution in [0.25, 0.3) is 0 Å². The van der Waals surface area contributed by atoms with E-state index in [2.05, 4.69) is 27.9 Å². The molecule has 0 aliphatic carbocycles. The summed E-state index contributed by atoms with van der Waals surface area (Å²) >= 11 is 2.17. The summed E-state index contributed by atoms with van der Waals surface area (Å²) in [7, 11) is 0. The number of dihydropyridines is 1. The van der Waals surface area contributed by atoms with Gasteiger partial charge < -0.3 is 15.5 Å². The predicted molar refractivity (Wildman–Crippen MR) is 80.6 cm³/mol. The summed E-state index contributed by atoms with van der Waals surface area (Å²) in [5.74, 6) is -0.481. The lowest BCUT2D eigenvalue weighted by Gasteiger charge is -2.17. The average Bonchev–Trinajstić information content (AvgIpc) is 2.29. The first kappa shape index (κ1) is 14.9. The molecule has 18 heavy (non-hydrogen) atoms. The molecular weight excluding hydrogens is 343 g/mol. The van der Waals surface area contributed by atoms with E-state index in [9.17, 15) is 4.79 Å². The van der Waals surface area contributed by atoms with Crippen molar-refractivity contribution in [1.29, 1.82) is 5.41 Å². The van der Waals surface area contributed by atoms with Gasteiger partial charge in [0.25, 0.3) is 0 Å². The van der Waals surface area contributed by atoms with Crippen molar-refractivity contribution in [2.24, 2.45) is 5.92 Å². The Balaban J connectivity index is 3.20. The minimum Gasteiger partial charge on any atom is -0.462 e. The highest BCUT2D eigenvalue weighted by atomic mass is 127. The number of esters is 1. The number of rotatable bonds is 4. The van der Waals surface area contributed by atoms with Gasteiger partial charge in [-0.1, -0.05) is 13.8 Å². The zero-order chi connectivity index (χ0) is 13.7. The first-order chi connectivity index (χ1) is 8.47. The summed E-state index contributed by atoms with van der Waals surface area (Å²) in [6.45, 7) is 5.83. The van der Waals surface area contributed by atoms with Crippen molar-refractivity contribution >= 4 is 34.3 Å². The van der Waals surface area contributed by atoms with E-state index in [1.165, 1.54) is 0 Å². The number of hydrogen-bond acceptors (Lipinski definition) is 4. The molecule has 0 aromatic heterocycles. The Hall–Kier alpha value is -1.11. The monoisotopic (exact) mass is 360 g/mol. The molecule has 1 aliphatic heterocycles. The summed E-state index contributed by atoms with van der Waals surface area (Å²) in [4.78, 5) is 12.0. The standard InChI is InChI=1S/C13H17IN2O2/c1-4-18-13(17)11(12(15)8(2)3)10-7-9(14)5-6-16-10/h5-8,15-16H,4H2,1-3H3/b11-10+,15-12?. The van der Waals surface area contributed by atoms with Crippen LogP contribution < -0.4 is 5.32 Å². The van der Waals surface area contributed by atoms with Gasteiger partial charge in [-0.05, 0) is 47.6 Å². The Bertz CT molecular complexity index is 448. The minimum absolute atomic E-state index is 0.0318. The highest BCUT2D eigenvalue weighted by Gasteiger charge is 2.23. The quantitative estimate of drug-likeness (QED) is 0.351. The second kappa shape index (κ2) is 6.72. The molecule has 0 unspecified atom stereocenters. The Morgan fingerprint density at radius 2 is 2.22 bits per heavy atom. The molecule has 0 atom stereocenters. The SMILES string of the molecule is CCOC(=O)/C(C(=N)C(C)C)=C1\C=C(I)C=CN1. The Kier molecular flexibility index (Phi) is 5.58. The van der Waals surface area contributed by atoms with Crippen LogP contribution in [0, 0.1) is 11.3 Å². The highest BCUT2D eigenvalue weighted by Crippen LogP contribution is 2.20. The van der Waals surface area contributed by atoms with Crippen molar-refractivity contribution in [2.45, 2.75) is 20.8 Å². The van der Waals surface area contributed by atoms with E-state index in [-0.39, 0.29) is 11.6 Å². The third-order valence-corrected chi connectivity index (χ3v) is 3.03. The first-order valence-electron chi connectivity index (χ1n) is 5.77. The van der Waals surface area contributed by atoms with E-state index in [1.54, 1.807) is 13.1 Å². The maximum absolute atomic E-state index is 12.0. The molecule has 5 heteroatoms. The number of halogens is 1. The van der Waals surface area contributed by atoms with Crippen molar-refractivity contribution in [3.8, 4) is 0 Å². The lowest BCUT2D eigenvalue weighted by molar-refractivity contribution is -0.137. The van der Waals surface area contributed by atoms with Crippen LogP contribution in [0.15, 0.2) is 33.2 Å². The van der Waals surface area contributed by atoms with Crippen molar-refractivity contribution < 1.29 is 9.53 Å². The van der Waals surface area contributed by atoms with Gasteiger partial charge in [-0.15, -0.1) is 0 Å². The van der Waals surface area contributed by atoms with E-state index in [0.717, 1.165) is 3.58 Å². The highest BCUT2D eigenvalue weighted by molar-refractivity contribution is 14.1. The van der Waals surface area contributed by atoms with Crippen LogP contribution in [-0.2, 0) is 9.53 Å². The van der Waals surface area contributed by atoms with Gasteiger partial charge in [0.15, 0.2) is 0 Å². The maximum Gasteiger partial charge on any atom is 0.342 e. The van der Waals surface area contributed by atoms with Gasteiger partial charge in [0.1, 0.15) is 5.57 Å². The van der Waals surface area contributed by atoms with E-state index < -0.39 is 5.97 Å². The predicted octanol–water partition coefficient (Wildman–Crippen LogP) is 2.92. The molecule has 0 aromatic rings. The molecule has 0 spiro atoms. The van der Waals surface area contributed by atoms with Crippen molar-refractivity contribution in [3.05, 3.63) is 33.2 Å². The van der Waals surface area contributed by atoms with Crippen LogP contribution in [0.1, 0.15) is 20.8 Å². The molecule has 0 aromatic carbocycles. The fourth-order valence-electron chi connectivity index (χ4n) is 1.44. The number of nitrogens with one attached hydrogen (secondary N) is 2. The van der Waals surface area contributed by atoms with Gasteiger partial charge in [-0.2, -0.15) is 0 Å². The van der Waals surface area contributed by atoms with E-state index >= 15 is 0 Å². The average molecular weight is 360 g/mol. The van der Waals surface area contributed by atoms with Gasteiger partial charge >= 0.3 is 5.97 Å². The van der Waals surface area contributed by atoms with Crippen LogP contribution >= 0.6 is 22.6 Å². The minimum atomic E-state index is -0.450. The summed E-state index contributed by atoms with van der Waals surface area (Å²) < 4.78 is 6.03. The largest absolute Gasteiger partial charge is 0.462 e. The molecule has 98 valence electrons. The van der Waals surface area contributed by atoms with Gasteiger partial charge in [-0.25, -0.2) is 4.79 Å². The Morgan fingerprint density at radius 1 is 1.56 bits per heavy atom. The lowest BCUT2D eigenvalue weighted by atomic mass is 9.97. The molecule has 0 amide bonds. The number of carbonyl (C=O) groups excluding carboxylic acids is 1. The fourth-order valence-corrected chi connectivity index (χ4v) is 1.93. The topological polar surface area (TPSA) is 62.2 Å². The van der Waals surface area contributed by atoms with Crippen molar-refractivity contribution in [3.63, 3.8) is 0 Å². The normalized spacial score (nSPS) is 17.1.